The van der Waals surface area contributed by atoms with Gasteiger partial charge in [0, 0.05) is 12.1 Å². The van der Waals surface area contributed by atoms with Gasteiger partial charge in [0.15, 0.2) is 5.54 Å². The Kier molecular flexibility index (Phi) is 7.88. The van der Waals surface area contributed by atoms with Crippen molar-refractivity contribution in [3.63, 3.8) is 0 Å². The number of para-hydroxylation sites is 1. The van der Waals surface area contributed by atoms with Crippen molar-refractivity contribution in [3.05, 3.63) is 66.2 Å². The van der Waals surface area contributed by atoms with Gasteiger partial charge in [0.25, 0.3) is 5.91 Å². The van der Waals surface area contributed by atoms with Gasteiger partial charge in [-0.25, -0.2) is 0 Å². The van der Waals surface area contributed by atoms with Crippen LogP contribution in [0.3, 0.4) is 0 Å². The van der Waals surface area contributed by atoms with E-state index in [-0.39, 0.29) is 0 Å². The highest BCUT2D eigenvalue weighted by Gasteiger charge is 2.73. The Bertz CT molecular complexity index is 1060. The molecule has 0 fully saturated rings. The van der Waals surface area contributed by atoms with Crippen LogP contribution < -0.4 is 10.2 Å². The number of Topliss-reactive ketones (excluding diaryl/α,β-unsaturated/α-hetero) is 1. The SMILES string of the molecule is CC(=O)CC(C)(C(F)(F)F)[C@](C(=O)NCC(=O)O)(c1ccccc1)N(c1ccccc1)C(F)(F)F. The average Bonchev–Trinajstić information content (AvgIpc) is 2.74. The molecular formula is C23H22F6N2O4. The van der Waals surface area contributed by atoms with E-state index in [9.17, 15) is 40.7 Å². The summed E-state index contributed by atoms with van der Waals surface area (Å²) < 4.78 is 88.8. The number of hydrogen-bond donors (Lipinski definition) is 2. The van der Waals surface area contributed by atoms with Gasteiger partial charge in [0.1, 0.15) is 17.7 Å². The van der Waals surface area contributed by atoms with E-state index in [0.29, 0.717) is 6.92 Å². The number of carboxylic acids is 1. The number of nitrogens with one attached hydrogen (secondary N) is 1. The van der Waals surface area contributed by atoms with Crippen LogP contribution in [0.5, 0.6) is 0 Å². The second-order valence-corrected chi connectivity index (χ2v) is 8.00. The van der Waals surface area contributed by atoms with Crippen LogP contribution >= 0.6 is 0 Å². The number of halogens is 6. The summed E-state index contributed by atoms with van der Waals surface area (Å²) in [6.07, 6.45) is -12.7. The van der Waals surface area contributed by atoms with Crippen molar-refractivity contribution in [1.29, 1.82) is 0 Å². The molecule has 1 unspecified atom stereocenters. The summed E-state index contributed by atoms with van der Waals surface area (Å²) in [4.78, 5) is 36.1. The van der Waals surface area contributed by atoms with E-state index in [0.717, 1.165) is 55.5 Å². The Morgan fingerprint density at radius 3 is 1.77 bits per heavy atom. The Morgan fingerprint density at radius 1 is 0.886 bits per heavy atom. The number of carbonyl (C=O) groups is 3. The van der Waals surface area contributed by atoms with Gasteiger partial charge in [-0.1, -0.05) is 48.5 Å². The zero-order valence-corrected chi connectivity index (χ0v) is 18.6. The van der Waals surface area contributed by atoms with Crippen molar-refractivity contribution < 1.29 is 45.8 Å². The molecule has 2 N–H and O–H groups in total. The zero-order chi connectivity index (χ0) is 26.7. The first-order chi connectivity index (χ1) is 16.1. The molecular weight excluding hydrogens is 482 g/mol. The van der Waals surface area contributed by atoms with E-state index in [2.05, 4.69) is 0 Å². The van der Waals surface area contributed by atoms with Gasteiger partial charge in [0.2, 0.25) is 0 Å². The lowest BCUT2D eigenvalue weighted by molar-refractivity contribution is -0.256. The van der Waals surface area contributed by atoms with Gasteiger partial charge in [-0.3, -0.25) is 19.3 Å². The van der Waals surface area contributed by atoms with Crippen LogP contribution in [0.15, 0.2) is 60.7 Å². The number of alkyl halides is 6. The minimum Gasteiger partial charge on any atom is -0.480 e. The molecule has 0 aliphatic heterocycles. The number of ketones is 1. The van der Waals surface area contributed by atoms with Crippen molar-refractivity contribution >= 4 is 23.3 Å². The molecule has 12 heteroatoms. The molecule has 1 amide bonds. The first-order valence-electron chi connectivity index (χ1n) is 10.1. The average molecular weight is 504 g/mol. The monoisotopic (exact) mass is 504 g/mol. The molecule has 0 heterocycles. The van der Waals surface area contributed by atoms with Crippen LogP contribution in [0.25, 0.3) is 0 Å². The first-order valence-corrected chi connectivity index (χ1v) is 10.1. The molecule has 35 heavy (non-hydrogen) atoms. The third kappa shape index (κ3) is 5.25. The van der Waals surface area contributed by atoms with Crippen LogP contribution in [0.2, 0.25) is 0 Å². The van der Waals surface area contributed by atoms with Gasteiger partial charge < -0.3 is 10.4 Å². The number of hydrogen-bond acceptors (Lipinski definition) is 4. The second kappa shape index (κ2) is 9.96. The predicted octanol–water partition coefficient (Wildman–Crippen LogP) is 4.66. The molecule has 0 radical (unpaired) electrons. The number of nitrogens with zero attached hydrogens (tertiary/aromatic N) is 1. The molecule has 2 rings (SSSR count). The maximum absolute atomic E-state index is 14.8. The van der Waals surface area contributed by atoms with E-state index in [1.807, 2.05) is 0 Å². The van der Waals surface area contributed by atoms with Crippen molar-refractivity contribution in [2.45, 2.75) is 38.3 Å². The molecule has 2 aromatic rings. The fraction of sp³-hybridized carbons (Fsp3) is 0.348. The van der Waals surface area contributed by atoms with E-state index in [4.69, 9.17) is 5.11 Å². The Balaban J connectivity index is 3.17. The molecule has 2 aromatic carbocycles. The molecule has 0 saturated carbocycles. The zero-order valence-electron chi connectivity index (χ0n) is 18.6. The van der Waals surface area contributed by atoms with E-state index >= 15 is 0 Å². The van der Waals surface area contributed by atoms with E-state index in [1.54, 1.807) is 5.32 Å². The third-order valence-electron chi connectivity index (χ3n) is 5.55. The second-order valence-electron chi connectivity index (χ2n) is 8.00. The highest BCUT2D eigenvalue weighted by Crippen LogP contribution is 2.59. The molecule has 6 nitrogen and oxygen atoms in total. The van der Waals surface area contributed by atoms with Gasteiger partial charge in [-0.2, -0.15) is 26.3 Å². The predicted molar refractivity (Wildman–Crippen MR) is 113 cm³/mol. The van der Waals surface area contributed by atoms with Gasteiger partial charge >= 0.3 is 18.4 Å². The number of anilines is 1. The lowest BCUT2D eigenvalue weighted by atomic mass is 9.62. The Morgan fingerprint density at radius 2 is 1.37 bits per heavy atom. The minimum absolute atomic E-state index is 0.351. The Labute approximate surface area is 196 Å². The molecule has 0 aliphatic carbocycles. The largest absolute Gasteiger partial charge is 0.486 e. The van der Waals surface area contributed by atoms with E-state index < -0.39 is 70.2 Å². The first kappa shape index (κ1) is 27.7. The fourth-order valence-electron chi connectivity index (χ4n) is 4.18. The topological polar surface area (TPSA) is 86.7 Å². The van der Waals surface area contributed by atoms with Crippen LogP contribution in [-0.2, 0) is 19.9 Å². The summed E-state index contributed by atoms with van der Waals surface area (Å²) in [6.45, 7) is -0.152. The number of aliphatic carboxylic acids is 1. The van der Waals surface area contributed by atoms with E-state index in [1.165, 1.54) is 12.1 Å². The number of carboxylic acid groups (broad SMARTS) is 1. The molecule has 0 saturated heterocycles. The van der Waals surface area contributed by atoms with Crippen molar-refractivity contribution in [2.75, 3.05) is 11.4 Å². The number of benzene rings is 2. The maximum atomic E-state index is 14.8. The number of rotatable bonds is 9. The lowest BCUT2D eigenvalue weighted by Crippen LogP contribution is -2.72. The molecule has 0 aliphatic rings. The fourth-order valence-corrected chi connectivity index (χ4v) is 4.18. The van der Waals surface area contributed by atoms with Crippen LogP contribution in [-0.4, -0.2) is 41.8 Å². The number of carbonyl (C=O) groups excluding carboxylic acids is 2. The molecule has 190 valence electrons. The van der Waals surface area contributed by atoms with Crippen molar-refractivity contribution in [3.8, 4) is 0 Å². The summed E-state index contributed by atoms with van der Waals surface area (Å²) in [5.41, 5.74) is -8.94. The van der Waals surface area contributed by atoms with Gasteiger partial charge in [-0.05, 0) is 31.5 Å². The maximum Gasteiger partial charge on any atom is 0.486 e. The highest BCUT2D eigenvalue weighted by atomic mass is 19.4. The minimum atomic E-state index is -5.60. The summed E-state index contributed by atoms with van der Waals surface area (Å²) in [5, 5.41) is 10.7. The van der Waals surface area contributed by atoms with Gasteiger partial charge in [0.05, 0.1) is 0 Å². The summed E-state index contributed by atoms with van der Waals surface area (Å²) in [6, 6.07) is 10.7. The van der Waals surface area contributed by atoms with Gasteiger partial charge in [-0.15, -0.1) is 0 Å². The smallest absolute Gasteiger partial charge is 0.480 e. The van der Waals surface area contributed by atoms with Crippen LogP contribution in [0, 0.1) is 5.41 Å². The highest BCUT2D eigenvalue weighted by molar-refractivity contribution is 5.95. The lowest BCUT2D eigenvalue weighted by Gasteiger charge is -2.54. The normalized spacial score (nSPS) is 15.4. The molecule has 0 aromatic heterocycles. The van der Waals surface area contributed by atoms with Crippen molar-refractivity contribution in [2.24, 2.45) is 5.41 Å². The van der Waals surface area contributed by atoms with Crippen molar-refractivity contribution in [1.82, 2.24) is 5.32 Å². The third-order valence-corrected chi connectivity index (χ3v) is 5.55. The molecule has 0 spiro atoms. The summed E-state index contributed by atoms with van der Waals surface area (Å²) in [7, 11) is 0. The summed E-state index contributed by atoms with van der Waals surface area (Å²) in [5.74, 6) is -4.72. The molecule has 2 atom stereocenters. The Hall–Kier alpha value is -3.57. The van der Waals surface area contributed by atoms with Crippen LogP contribution in [0.1, 0.15) is 25.8 Å². The standard InChI is InChI=1S/C23H22F6N2O4/c1-15(32)13-20(2,22(24,25)26)21(16-9-5-3-6-10-16,19(35)30-14-18(33)34)31(23(27,28)29)17-11-7-4-8-12-17/h3-12H,13-14H2,1-2H3,(H,30,35)(H,33,34)/t20?,21-/m1/s1. The number of amides is 1. The summed E-state index contributed by atoms with van der Waals surface area (Å²) >= 11 is 0. The van der Waals surface area contributed by atoms with Crippen LogP contribution in [0.4, 0.5) is 32.0 Å². The molecule has 0 bridgehead atoms. The quantitative estimate of drug-likeness (QED) is 0.383.